The SMILES string of the molecule is Clc1ccc([C@]2(Cn3cncn3)OC[C@@H](COc3ccc(N4CCNCC4)cc3)O2)c(Cl)c1. The number of nitrogens with one attached hydrogen (secondary N) is 1. The number of benzene rings is 2. The number of hydrogen-bond donors (Lipinski definition) is 1. The van der Waals surface area contributed by atoms with Gasteiger partial charge in [-0.05, 0) is 36.4 Å². The summed E-state index contributed by atoms with van der Waals surface area (Å²) in [5, 5.41) is 8.58. The van der Waals surface area contributed by atoms with E-state index in [0.717, 1.165) is 31.9 Å². The van der Waals surface area contributed by atoms with E-state index >= 15 is 0 Å². The molecule has 0 spiro atoms. The lowest BCUT2D eigenvalue weighted by Gasteiger charge is -2.29. The van der Waals surface area contributed by atoms with E-state index in [9.17, 15) is 0 Å². The van der Waals surface area contributed by atoms with Gasteiger partial charge in [-0.2, -0.15) is 5.10 Å². The van der Waals surface area contributed by atoms with Gasteiger partial charge in [0.15, 0.2) is 0 Å². The number of ether oxygens (including phenoxy) is 3. The van der Waals surface area contributed by atoms with Crippen molar-refractivity contribution in [3.8, 4) is 5.75 Å². The molecule has 0 bridgehead atoms. The molecule has 5 rings (SSSR count). The Morgan fingerprint density at radius 2 is 1.94 bits per heavy atom. The number of nitrogens with zero attached hydrogens (tertiary/aromatic N) is 4. The first-order valence-corrected chi connectivity index (χ1v) is 11.7. The standard InChI is InChI=1S/C23H25Cl2N5O3/c24-17-1-6-21(22(25)11-17)23(14-30-16-27-15-28-30)32-13-20(33-23)12-31-19-4-2-18(3-5-19)29-9-7-26-8-10-29/h1-6,11,15-16,20,26H,7-10,12-14H2/t20-,23-/m1/s1. The van der Waals surface area contributed by atoms with Crippen LogP contribution in [0, 0.1) is 0 Å². The van der Waals surface area contributed by atoms with Crippen molar-refractivity contribution in [2.45, 2.75) is 18.4 Å². The molecule has 33 heavy (non-hydrogen) atoms. The molecule has 2 aliphatic rings. The lowest BCUT2D eigenvalue weighted by atomic mass is 10.1. The maximum absolute atomic E-state index is 6.51. The van der Waals surface area contributed by atoms with E-state index < -0.39 is 5.79 Å². The maximum atomic E-state index is 6.51. The molecule has 10 heteroatoms. The Morgan fingerprint density at radius 1 is 1.12 bits per heavy atom. The fraction of sp³-hybridized carbons (Fsp3) is 0.391. The molecule has 2 atom stereocenters. The lowest BCUT2D eigenvalue weighted by Crippen LogP contribution is -2.43. The van der Waals surface area contributed by atoms with Crippen molar-refractivity contribution in [3.63, 3.8) is 0 Å². The Hall–Kier alpha value is -2.36. The summed E-state index contributed by atoms with van der Waals surface area (Å²) in [6, 6.07) is 13.4. The highest BCUT2D eigenvalue weighted by Crippen LogP contribution is 2.40. The molecule has 8 nitrogen and oxygen atoms in total. The van der Waals surface area contributed by atoms with E-state index in [1.807, 2.05) is 18.2 Å². The molecular formula is C23H25Cl2N5O3. The summed E-state index contributed by atoms with van der Waals surface area (Å²) in [4.78, 5) is 6.38. The van der Waals surface area contributed by atoms with Gasteiger partial charge >= 0.3 is 0 Å². The molecule has 3 aromatic rings. The summed E-state index contributed by atoms with van der Waals surface area (Å²) in [6.07, 6.45) is 2.80. The van der Waals surface area contributed by atoms with Gasteiger partial charge in [0.05, 0.1) is 11.6 Å². The third kappa shape index (κ3) is 5.10. The van der Waals surface area contributed by atoms with E-state index in [1.165, 1.54) is 12.0 Å². The first-order chi connectivity index (χ1) is 16.1. The fourth-order valence-electron chi connectivity index (χ4n) is 4.15. The van der Waals surface area contributed by atoms with E-state index in [1.54, 1.807) is 23.1 Å². The molecule has 174 valence electrons. The number of rotatable bonds is 7. The molecule has 2 aromatic carbocycles. The quantitative estimate of drug-likeness (QED) is 0.545. The Kier molecular flexibility index (Phi) is 6.71. The summed E-state index contributed by atoms with van der Waals surface area (Å²) < 4.78 is 20.3. The van der Waals surface area contributed by atoms with Gasteiger partial charge in [0, 0.05) is 42.5 Å². The smallest absolute Gasteiger partial charge is 0.217 e. The third-order valence-electron chi connectivity index (χ3n) is 5.79. The minimum atomic E-state index is -1.12. The molecule has 0 saturated carbocycles. The zero-order valence-corrected chi connectivity index (χ0v) is 19.5. The predicted octanol–water partition coefficient (Wildman–Crippen LogP) is 3.34. The average Bonchev–Trinajstić information content (AvgIpc) is 3.49. The normalized spacial score (nSPS) is 23.1. The van der Waals surface area contributed by atoms with Crippen LogP contribution in [0.15, 0.2) is 55.1 Å². The van der Waals surface area contributed by atoms with Crippen molar-refractivity contribution >= 4 is 28.9 Å². The summed E-state index contributed by atoms with van der Waals surface area (Å²) in [5.74, 6) is -0.328. The summed E-state index contributed by atoms with van der Waals surface area (Å²) in [7, 11) is 0. The Labute approximate surface area is 202 Å². The summed E-state index contributed by atoms with van der Waals surface area (Å²) in [5.41, 5.74) is 1.89. The van der Waals surface area contributed by atoms with E-state index in [-0.39, 0.29) is 6.10 Å². The van der Waals surface area contributed by atoms with Crippen LogP contribution in [0.3, 0.4) is 0 Å². The molecule has 1 aromatic heterocycles. The van der Waals surface area contributed by atoms with Crippen molar-refractivity contribution < 1.29 is 14.2 Å². The molecule has 0 aliphatic carbocycles. The topological polar surface area (TPSA) is 73.7 Å². The maximum Gasteiger partial charge on any atom is 0.217 e. The molecule has 2 aliphatic heterocycles. The molecule has 0 unspecified atom stereocenters. The molecular weight excluding hydrogens is 465 g/mol. The molecule has 3 heterocycles. The molecule has 2 saturated heterocycles. The van der Waals surface area contributed by atoms with Gasteiger partial charge < -0.3 is 24.4 Å². The zero-order chi connectivity index (χ0) is 22.7. The fourth-order valence-corrected chi connectivity index (χ4v) is 4.70. The highest BCUT2D eigenvalue weighted by atomic mass is 35.5. The zero-order valence-electron chi connectivity index (χ0n) is 18.0. The van der Waals surface area contributed by atoms with E-state index in [0.29, 0.717) is 35.4 Å². The van der Waals surface area contributed by atoms with Crippen molar-refractivity contribution in [1.29, 1.82) is 0 Å². The summed E-state index contributed by atoms with van der Waals surface area (Å²) >= 11 is 12.6. The van der Waals surface area contributed by atoms with Crippen molar-refractivity contribution in [2.75, 3.05) is 44.3 Å². The second kappa shape index (κ2) is 9.87. The van der Waals surface area contributed by atoms with Crippen molar-refractivity contribution in [1.82, 2.24) is 20.1 Å². The van der Waals surface area contributed by atoms with Crippen LogP contribution < -0.4 is 15.0 Å². The van der Waals surface area contributed by atoms with Gasteiger partial charge in [-0.1, -0.05) is 29.3 Å². The molecule has 1 N–H and O–H groups in total. The van der Waals surface area contributed by atoms with Gasteiger partial charge in [-0.25, -0.2) is 9.67 Å². The molecule has 0 amide bonds. The van der Waals surface area contributed by atoms with Crippen LogP contribution in [0.2, 0.25) is 10.0 Å². The van der Waals surface area contributed by atoms with Gasteiger partial charge in [0.2, 0.25) is 5.79 Å². The highest BCUT2D eigenvalue weighted by Gasteiger charge is 2.45. The van der Waals surface area contributed by atoms with Crippen LogP contribution in [0.25, 0.3) is 0 Å². The Bertz CT molecular complexity index is 1060. The number of aromatic nitrogens is 3. The van der Waals surface area contributed by atoms with Gasteiger partial charge in [0.1, 0.15) is 37.7 Å². The van der Waals surface area contributed by atoms with Crippen LogP contribution in [0.5, 0.6) is 5.75 Å². The van der Waals surface area contributed by atoms with Gasteiger partial charge in [-0.3, -0.25) is 0 Å². The minimum Gasteiger partial charge on any atom is -0.491 e. The number of anilines is 1. The van der Waals surface area contributed by atoms with Crippen molar-refractivity contribution in [2.24, 2.45) is 0 Å². The first kappa shape index (κ1) is 22.4. The van der Waals surface area contributed by atoms with Gasteiger partial charge in [0.25, 0.3) is 0 Å². The average molecular weight is 490 g/mol. The van der Waals surface area contributed by atoms with Crippen LogP contribution in [0.4, 0.5) is 5.69 Å². The Morgan fingerprint density at radius 3 is 2.67 bits per heavy atom. The van der Waals surface area contributed by atoms with E-state index in [2.05, 4.69) is 32.4 Å². The number of halogens is 2. The summed E-state index contributed by atoms with van der Waals surface area (Å²) in [6.45, 7) is 5.02. The van der Waals surface area contributed by atoms with Gasteiger partial charge in [-0.15, -0.1) is 0 Å². The largest absolute Gasteiger partial charge is 0.491 e. The monoisotopic (exact) mass is 489 g/mol. The second-order valence-electron chi connectivity index (χ2n) is 8.06. The van der Waals surface area contributed by atoms with Crippen LogP contribution in [-0.2, 0) is 21.8 Å². The third-order valence-corrected chi connectivity index (χ3v) is 6.34. The second-order valence-corrected chi connectivity index (χ2v) is 8.91. The van der Waals surface area contributed by atoms with Crippen LogP contribution >= 0.6 is 23.2 Å². The molecule has 0 radical (unpaired) electrons. The number of hydrogen-bond acceptors (Lipinski definition) is 7. The predicted molar refractivity (Wildman–Crippen MR) is 126 cm³/mol. The molecule has 2 fully saturated rings. The lowest BCUT2D eigenvalue weighted by molar-refractivity contribution is -0.190. The van der Waals surface area contributed by atoms with Crippen LogP contribution in [0.1, 0.15) is 5.56 Å². The Balaban J connectivity index is 1.26. The number of piperazine rings is 1. The van der Waals surface area contributed by atoms with E-state index in [4.69, 9.17) is 37.4 Å². The minimum absolute atomic E-state index is 0.284. The van der Waals surface area contributed by atoms with Crippen molar-refractivity contribution in [3.05, 3.63) is 70.7 Å². The first-order valence-electron chi connectivity index (χ1n) is 10.9. The van der Waals surface area contributed by atoms with Crippen LogP contribution in [-0.4, -0.2) is 60.3 Å². The highest BCUT2D eigenvalue weighted by molar-refractivity contribution is 6.35.